The number of nitrogens with two attached hydrogens (primary N) is 1. The molecule has 1 saturated heterocycles. The molecule has 4 aromatic rings. The number of benzene rings is 2. The van der Waals surface area contributed by atoms with Crippen LogP contribution in [0, 0.1) is 29.5 Å². The van der Waals surface area contributed by atoms with Gasteiger partial charge in [0.25, 0.3) is 0 Å². The molecule has 1 aliphatic carbocycles. The number of aromatic carboxylic acids is 1. The predicted octanol–water partition coefficient (Wildman–Crippen LogP) is 5.07. The second kappa shape index (κ2) is 11.7. The molecule has 3 N–H and O–H groups in total. The van der Waals surface area contributed by atoms with Gasteiger partial charge in [-0.05, 0) is 80.2 Å². The topological polar surface area (TPSA) is 119 Å². The third-order valence-corrected chi connectivity index (χ3v) is 9.76. The lowest BCUT2D eigenvalue weighted by atomic mass is 9.99. The lowest BCUT2D eigenvalue weighted by Crippen LogP contribution is -2.14. The molecule has 1 aliphatic heterocycles. The van der Waals surface area contributed by atoms with E-state index < -0.39 is 26.7 Å². The molecule has 43 heavy (non-hydrogen) atoms. The van der Waals surface area contributed by atoms with Crippen molar-refractivity contribution in [3.8, 4) is 33.7 Å². The first kappa shape index (κ1) is 29.3. The number of halogens is 1. The summed E-state index contributed by atoms with van der Waals surface area (Å²) in [5.41, 5.74) is 4.99. The number of rotatable bonds is 8. The fraction of sp³-hybridized carbons (Fsp3) is 0.312. The number of carboxylic acid groups (broad SMARTS) is 1. The molecule has 0 spiro atoms. The van der Waals surface area contributed by atoms with Crippen LogP contribution in [0.1, 0.15) is 46.6 Å². The Morgan fingerprint density at radius 1 is 1.19 bits per heavy atom. The van der Waals surface area contributed by atoms with E-state index in [1.165, 1.54) is 28.8 Å². The Kier molecular flexibility index (Phi) is 7.96. The smallest absolute Gasteiger partial charge is 0.355 e. The van der Waals surface area contributed by atoms with E-state index in [2.05, 4.69) is 33.3 Å². The van der Waals surface area contributed by atoms with Crippen LogP contribution in [0.5, 0.6) is 0 Å². The first-order chi connectivity index (χ1) is 20.5. The van der Waals surface area contributed by atoms with Crippen molar-refractivity contribution in [2.75, 3.05) is 20.1 Å². The number of thiazole rings is 1. The van der Waals surface area contributed by atoms with Gasteiger partial charge in [-0.3, -0.25) is 0 Å². The summed E-state index contributed by atoms with van der Waals surface area (Å²) in [7, 11) is -2.10. The Labute approximate surface area is 254 Å². The van der Waals surface area contributed by atoms with E-state index in [9.17, 15) is 22.7 Å². The Morgan fingerprint density at radius 3 is 2.65 bits per heavy atom. The lowest BCUT2D eigenvalue weighted by molar-refractivity contribution is 0.0691. The van der Waals surface area contributed by atoms with Gasteiger partial charge in [0.15, 0.2) is 5.69 Å². The molecule has 0 amide bonds. The third-order valence-electron chi connectivity index (χ3n) is 7.95. The van der Waals surface area contributed by atoms with Gasteiger partial charge in [-0.1, -0.05) is 30.0 Å². The summed E-state index contributed by atoms with van der Waals surface area (Å²) >= 11 is 1.27. The Morgan fingerprint density at radius 2 is 2.00 bits per heavy atom. The summed E-state index contributed by atoms with van der Waals surface area (Å²) in [6.07, 6.45) is 3.53. The minimum Gasteiger partial charge on any atom is -0.476 e. The molecule has 6 rings (SSSR count). The normalized spacial score (nSPS) is 17.1. The molecule has 1 unspecified atom stereocenters. The van der Waals surface area contributed by atoms with E-state index in [1.807, 2.05) is 30.3 Å². The molecule has 2 aromatic carbocycles. The fourth-order valence-corrected chi connectivity index (χ4v) is 6.95. The molecule has 8 nitrogen and oxygen atoms in total. The van der Waals surface area contributed by atoms with Gasteiger partial charge in [-0.15, -0.1) is 11.3 Å². The predicted molar refractivity (Wildman–Crippen MR) is 164 cm³/mol. The van der Waals surface area contributed by atoms with Crippen LogP contribution in [0.25, 0.3) is 21.8 Å². The van der Waals surface area contributed by atoms with E-state index in [0.29, 0.717) is 35.4 Å². The minimum atomic E-state index is -4.20. The Balaban J connectivity index is 1.46. The zero-order valence-electron chi connectivity index (χ0n) is 23.6. The zero-order valence-corrected chi connectivity index (χ0v) is 25.2. The number of sulfonamides is 1. The van der Waals surface area contributed by atoms with Crippen molar-refractivity contribution in [1.82, 2.24) is 14.5 Å². The number of hydrogen-bond donors (Lipinski definition) is 2. The van der Waals surface area contributed by atoms with Crippen LogP contribution in [0.3, 0.4) is 0 Å². The van der Waals surface area contributed by atoms with Gasteiger partial charge < -0.3 is 14.6 Å². The average molecular weight is 619 g/mol. The summed E-state index contributed by atoms with van der Waals surface area (Å²) in [5.74, 6) is 5.58. The Bertz CT molecular complexity index is 1880. The van der Waals surface area contributed by atoms with Crippen molar-refractivity contribution in [2.45, 2.75) is 37.1 Å². The van der Waals surface area contributed by atoms with Crippen molar-refractivity contribution in [1.29, 1.82) is 0 Å². The molecular weight excluding hydrogens is 588 g/mol. The maximum absolute atomic E-state index is 14.9. The van der Waals surface area contributed by atoms with Crippen LogP contribution in [-0.2, 0) is 23.0 Å². The van der Waals surface area contributed by atoms with Crippen LogP contribution in [0.15, 0.2) is 58.8 Å². The summed E-state index contributed by atoms with van der Waals surface area (Å²) in [5, 5.41) is 16.8. The lowest BCUT2D eigenvalue weighted by Gasteiger charge is -2.15. The van der Waals surface area contributed by atoms with Crippen LogP contribution in [0.4, 0.5) is 4.39 Å². The second-order valence-electron chi connectivity index (χ2n) is 11.4. The molecule has 0 radical (unpaired) electrons. The summed E-state index contributed by atoms with van der Waals surface area (Å²) < 4.78 is 40.7. The standard InChI is InChI=1S/C32H31FN4O4S2/c1-36-12-11-22(17-36)6-5-20-3-2-4-24(13-20)25-16-29(31-35-27(19-42-31)32(38)39)37(18-21-7-8-21)28(25)15-23-9-10-30(26(33)14-23)43(34,40)41/h2-4,9-10,13-14,16,19,21-22H,7-8,11-12,15,17-18H2,1H3,(H,38,39)(H2,34,40,41). The number of aromatic nitrogens is 2. The molecule has 1 saturated carbocycles. The van der Waals surface area contributed by atoms with E-state index >= 15 is 0 Å². The Hall–Kier alpha value is -3.82. The van der Waals surface area contributed by atoms with Gasteiger partial charge in [-0.2, -0.15) is 0 Å². The van der Waals surface area contributed by atoms with Crippen LogP contribution in [0.2, 0.25) is 0 Å². The van der Waals surface area contributed by atoms with Gasteiger partial charge >= 0.3 is 5.97 Å². The number of carbonyl (C=O) groups is 1. The number of carboxylic acids is 1. The van der Waals surface area contributed by atoms with Crippen molar-refractivity contribution < 1.29 is 22.7 Å². The molecule has 222 valence electrons. The molecule has 3 heterocycles. The highest BCUT2D eigenvalue weighted by molar-refractivity contribution is 7.89. The number of primary sulfonamides is 1. The monoisotopic (exact) mass is 618 g/mol. The molecular formula is C32H31FN4O4S2. The van der Waals surface area contributed by atoms with E-state index in [-0.39, 0.29) is 5.69 Å². The molecule has 2 fully saturated rings. The molecule has 2 aliphatic rings. The van der Waals surface area contributed by atoms with Gasteiger partial charge in [0.05, 0.1) is 5.69 Å². The maximum atomic E-state index is 14.9. The van der Waals surface area contributed by atoms with E-state index in [0.717, 1.165) is 60.4 Å². The van der Waals surface area contributed by atoms with Crippen molar-refractivity contribution in [3.05, 3.63) is 82.2 Å². The second-order valence-corrected chi connectivity index (χ2v) is 13.8. The minimum absolute atomic E-state index is 0.0160. The first-order valence-electron chi connectivity index (χ1n) is 14.1. The quantitative estimate of drug-likeness (QED) is 0.266. The van der Waals surface area contributed by atoms with E-state index in [1.54, 1.807) is 6.07 Å². The van der Waals surface area contributed by atoms with Crippen molar-refractivity contribution >= 4 is 27.3 Å². The molecule has 2 aromatic heterocycles. The number of hydrogen-bond acceptors (Lipinski definition) is 6. The number of nitrogens with zero attached hydrogens (tertiary/aromatic N) is 3. The van der Waals surface area contributed by atoms with Gasteiger partial charge in [0.1, 0.15) is 15.7 Å². The van der Waals surface area contributed by atoms with Crippen molar-refractivity contribution in [3.63, 3.8) is 0 Å². The van der Waals surface area contributed by atoms with Gasteiger partial charge in [0, 0.05) is 47.6 Å². The maximum Gasteiger partial charge on any atom is 0.355 e. The van der Waals surface area contributed by atoms with Crippen LogP contribution < -0.4 is 5.14 Å². The zero-order chi connectivity index (χ0) is 30.3. The highest BCUT2D eigenvalue weighted by atomic mass is 32.2. The van der Waals surface area contributed by atoms with Crippen molar-refractivity contribution in [2.24, 2.45) is 17.0 Å². The third kappa shape index (κ3) is 6.58. The average Bonchev–Trinajstić information content (AvgIpc) is 3.30. The van der Waals surface area contributed by atoms with Crippen LogP contribution >= 0.6 is 11.3 Å². The van der Waals surface area contributed by atoms with Crippen LogP contribution in [-0.4, -0.2) is 54.1 Å². The summed E-state index contributed by atoms with van der Waals surface area (Å²) in [6, 6.07) is 14.0. The van der Waals surface area contributed by atoms with Gasteiger partial charge in [-0.25, -0.2) is 27.7 Å². The molecule has 11 heteroatoms. The molecule has 0 bridgehead atoms. The summed E-state index contributed by atoms with van der Waals surface area (Å²) in [4.78, 5) is 17.8. The van der Waals surface area contributed by atoms with Gasteiger partial charge in [0.2, 0.25) is 10.0 Å². The summed E-state index contributed by atoms with van der Waals surface area (Å²) in [6.45, 7) is 2.70. The first-order valence-corrected chi connectivity index (χ1v) is 16.5. The SMILES string of the molecule is CN1CCC(C#Cc2cccc(-c3cc(-c4nc(C(=O)O)cs4)n(CC4CC4)c3Cc3ccc(S(N)(=O)=O)c(F)c3)c2)C1. The fourth-order valence-electron chi connectivity index (χ4n) is 5.54. The molecule has 1 atom stereocenters. The highest BCUT2D eigenvalue weighted by Crippen LogP contribution is 2.40. The largest absolute Gasteiger partial charge is 0.476 e. The highest BCUT2D eigenvalue weighted by Gasteiger charge is 2.28. The van der Waals surface area contributed by atoms with E-state index in [4.69, 9.17) is 5.14 Å². The number of likely N-dealkylation sites (tertiary alicyclic amines) is 1.